The van der Waals surface area contributed by atoms with Crippen molar-refractivity contribution < 1.29 is 15.0 Å². The van der Waals surface area contributed by atoms with Crippen molar-refractivity contribution in [3.05, 3.63) is 132 Å². The number of benzene rings is 2. The van der Waals surface area contributed by atoms with Crippen LogP contribution in [0.2, 0.25) is 0 Å². The van der Waals surface area contributed by atoms with Crippen LogP contribution in [0.3, 0.4) is 0 Å². The minimum atomic E-state index is -1.16. The van der Waals surface area contributed by atoms with Gasteiger partial charge in [0.1, 0.15) is 12.2 Å². The van der Waals surface area contributed by atoms with E-state index >= 15 is 0 Å². The lowest BCUT2D eigenvalue weighted by atomic mass is 9.91. The van der Waals surface area contributed by atoms with Crippen molar-refractivity contribution in [1.82, 2.24) is 19.8 Å². The zero-order valence-electron chi connectivity index (χ0n) is 21.1. The molecule has 1 saturated heterocycles. The quantitative estimate of drug-likeness (QED) is 0.377. The van der Waals surface area contributed by atoms with Crippen LogP contribution >= 0.6 is 0 Å². The highest BCUT2D eigenvalue weighted by Crippen LogP contribution is 2.29. The number of rotatable bonds is 8. The van der Waals surface area contributed by atoms with Gasteiger partial charge in [0.2, 0.25) is 0 Å². The number of hydrogen-bond acceptors (Lipinski definition) is 5. The highest BCUT2D eigenvalue weighted by molar-refractivity contribution is 5.76. The van der Waals surface area contributed by atoms with Gasteiger partial charge >= 0.3 is 6.03 Å². The number of nitrogens with zero attached hydrogens (tertiary/aromatic N) is 4. The molecule has 1 aliphatic heterocycles. The van der Waals surface area contributed by atoms with Crippen LogP contribution in [0.4, 0.5) is 4.79 Å². The minimum Gasteiger partial charge on any atom is -0.388 e. The summed E-state index contributed by atoms with van der Waals surface area (Å²) >= 11 is 0. The number of hydrogen-bond donors (Lipinski definition) is 2. The summed E-state index contributed by atoms with van der Waals surface area (Å²) in [4.78, 5) is 26.1. The minimum absolute atomic E-state index is 0.216. The lowest BCUT2D eigenvalue weighted by Gasteiger charge is -2.35. The summed E-state index contributed by atoms with van der Waals surface area (Å²) in [6.45, 7) is 0.624. The van der Waals surface area contributed by atoms with Gasteiger partial charge in [0, 0.05) is 37.9 Å². The van der Waals surface area contributed by atoms with E-state index < -0.39 is 24.3 Å². The van der Waals surface area contributed by atoms with Gasteiger partial charge in [-0.1, -0.05) is 60.7 Å². The third-order valence-electron chi connectivity index (χ3n) is 7.21. The van der Waals surface area contributed by atoms with Gasteiger partial charge in [0.25, 0.3) is 0 Å². The Bertz CT molecular complexity index is 1190. The van der Waals surface area contributed by atoms with Gasteiger partial charge in [0.15, 0.2) is 0 Å². The van der Waals surface area contributed by atoms with Gasteiger partial charge in [-0.15, -0.1) is 0 Å². The molecule has 0 radical (unpaired) electrons. The fraction of sp³-hybridized carbons (Fsp3) is 0.258. The van der Waals surface area contributed by atoms with E-state index in [0.717, 1.165) is 22.3 Å². The van der Waals surface area contributed by atoms with E-state index in [1.165, 1.54) is 0 Å². The van der Waals surface area contributed by atoms with Crippen LogP contribution < -0.4 is 0 Å². The fourth-order valence-electron chi connectivity index (χ4n) is 5.19. The largest absolute Gasteiger partial charge is 0.388 e. The zero-order chi connectivity index (χ0) is 26.3. The van der Waals surface area contributed by atoms with E-state index in [9.17, 15) is 15.0 Å². The molecule has 0 bridgehead atoms. The number of carbonyl (C=O) groups excluding carboxylic acids is 1. The summed E-state index contributed by atoms with van der Waals surface area (Å²) in [7, 11) is 0. The molecule has 4 atom stereocenters. The number of aromatic nitrogens is 2. The molecule has 2 aromatic carbocycles. The third-order valence-corrected chi connectivity index (χ3v) is 7.21. The molecule has 1 fully saturated rings. The Morgan fingerprint density at radius 1 is 0.553 bits per heavy atom. The number of aliphatic hydroxyl groups is 2. The van der Waals surface area contributed by atoms with E-state index in [1.807, 2.05) is 84.9 Å². The Kier molecular flexibility index (Phi) is 8.06. The molecule has 0 aliphatic carbocycles. The number of urea groups is 1. The van der Waals surface area contributed by atoms with E-state index in [1.54, 1.807) is 34.6 Å². The molecule has 2 N–H and O–H groups in total. The molecule has 7 nitrogen and oxygen atoms in total. The van der Waals surface area contributed by atoms with Crippen molar-refractivity contribution in [2.75, 3.05) is 0 Å². The van der Waals surface area contributed by atoms with Crippen LogP contribution in [0.1, 0.15) is 22.3 Å². The number of carbonyl (C=O) groups is 1. The van der Waals surface area contributed by atoms with Gasteiger partial charge in [-0.25, -0.2) is 4.79 Å². The Morgan fingerprint density at radius 3 is 1.29 bits per heavy atom. The first kappa shape index (κ1) is 25.6. The topological polar surface area (TPSA) is 89.8 Å². The van der Waals surface area contributed by atoms with Crippen molar-refractivity contribution >= 4 is 6.03 Å². The average Bonchev–Trinajstić information content (AvgIpc) is 3.03. The molecule has 2 aromatic heterocycles. The number of pyridine rings is 2. The summed E-state index contributed by atoms with van der Waals surface area (Å²) < 4.78 is 0. The van der Waals surface area contributed by atoms with Crippen molar-refractivity contribution in [3.8, 4) is 0 Å². The second-order valence-electron chi connectivity index (χ2n) is 9.74. The molecule has 1 aliphatic rings. The lowest BCUT2D eigenvalue weighted by Crippen LogP contribution is -2.50. The van der Waals surface area contributed by atoms with Crippen molar-refractivity contribution in [1.29, 1.82) is 0 Å². The van der Waals surface area contributed by atoms with Gasteiger partial charge in [-0.3, -0.25) is 9.97 Å². The highest BCUT2D eigenvalue weighted by atomic mass is 16.3. The van der Waals surface area contributed by atoms with E-state index in [4.69, 9.17) is 0 Å². The summed E-state index contributed by atoms with van der Waals surface area (Å²) in [6, 6.07) is 25.6. The Morgan fingerprint density at radius 2 is 0.921 bits per heavy atom. The normalized spacial score (nSPS) is 21.8. The summed E-state index contributed by atoms with van der Waals surface area (Å²) in [5.74, 6) is 0. The first-order valence-corrected chi connectivity index (χ1v) is 12.9. The molecule has 5 rings (SSSR count). The van der Waals surface area contributed by atoms with Crippen LogP contribution in [0.15, 0.2) is 110 Å². The van der Waals surface area contributed by atoms with Gasteiger partial charge in [-0.2, -0.15) is 0 Å². The molecule has 194 valence electrons. The van der Waals surface area contributed by atoms with E-state index in [0.29, 0.717) is 25.9 Å². The van der Waals surface area contributed by atoms with Gasteiger partial charge < -0.3 is 20.0 Å². The fourth-order valence-corrected chi connectivity index (χ4v) is 5.19. The third kappa shape index (κ3) is 5.90. The molecule has 38 heavy (non-hydrogen) atoms. The molecule has 0 unspecified atom stereocenters. The Hall–Kier alpha value is -4.07. The van der Waals surface area contributed by atoms with Crippen LogP contribution in [0.5, 0.6) is 0 Å². The lowest BCUT2D eigenvalue weighted by molar-refractivity contribution is -0.0408. The van der Waals surface area contributed by atoms with Gasteiger partial charge in [0.05, 0.1) is 12.1 Å². The van der Waals surface area contributed by atoms with Crippen molar-refractivity contribution in [3.63, 3.8) is 0 Å². The molecule has 7 heteroatoms. The molecular weight excluding hydrogens is 476 g/mol. The Labute approximate surface area is 223 Å². The Balaban J connectivity index is 1.57. The predicted octanol–water partition coefficient (Wildman–Crippen LogP) is 3.86. The average molecular weight is 509 g/mol. The SMILES string of the molecule is O=C1N(Cc2ccccc2)[C@H](Cc2ccncc2)[C@H](O)[C@@H](O)[C@@H](Cc2ccncc2)N1Cc1ccccc1. The summed E-state index contributed by atoms with van der Waals surface area (Å²) in [5, 5.41) is 23.4. The maximum absolute atomic E-state index is 14.5. The van der Waals surface area contributed by atoms with Crippen LogP contribution in [0.25, 0.3) is 0 Å². The number of aliphatic hydroxyl groups excluding tert-OH is 2. The van der Waals surface area contributed by atoms with Gasteiger partial charge in [-0.05, 0) is 59.4 Å². The standard InChI is InChI=1S/C31H32N4O3/c36-29-27(19-23-11-15-32-16-12-23)34(21-25-7-3-1-4-8-25)31(38)35(22-26-9-5-2-6-10-26)28(30(29)37)20-24-13-17-33-18-14-24/h1-18,27-30,36-37H,19-22H2/t27-,28-,29+,30+/m1/s1. The maximum Gasteiger partial charge on any atom is 0.321 e. The first-order valence-electron chi connectivity index (χ1n) is 12.9. The summed E-state index contributed by atoms with van der Waals surface area (Å²) in [6.07, 6.45) is 5.25. The highest BCUT2D eigenvalue weighted by Gasteiger charge is 2.46. The smallest absolute Gasteiger partial charge is 0.321 e. The molecule has 0 spiro atoms. The van der Waals surface area contributed by atoms with Crippen molar-refractivity contribution in [2.45, 2.75) is 50.2 Å². The first-order chi connectivity index (χ1) is 18.6. The maximum atomic E-state index is 14.5. The van der Waals surface area contributed by atoms with Crippen LogP contribution in [-0.2, 0) is 25.9 Å². The predicted molar refractivity (Wildman–Crippen MR) is 145 cm³/mol. The number of amides is 2. The molecule has 0 saturated carbocycles. The monoisotopic (exact) mass is 508 g/mol. The zero-order valence-corrected chi connectivity index (χ0v) is 21.1. The molecule has 4 aromatic rings. The second kappa shape index (κ2) is 12.0. The molecular formula is C31H32N4O3. The van der Waals surface area contributed by atoms with Crippen LogP contribution in [-0.4, -0.2) is 60.3 Å². The summed E-state index contributed by atoms with van der Waals surface area (Å²) in [5.41, 5.74) is 3.78. The van der Waals surface area contributed by atoms with Crippen molar-refractivity contribution in [2.24, 2.45) is 0 Å². The molecule has 3 heterocycles. The van der Waals surface area contributed by atoms with E-state index in [2.05, 4.69) is 9.97 Å². The second-order valence-corrected chi connectivity index (χ2v) is 9.74. The molecule has 2 amide bonds. The van der Waals surface area contributed by atoms with E-state index in [-0.39, 0.29) is 6.03 Å². The van der Waals surface area contributed by atoms with Crippen LogP contribution in [0, 0.1) is 0 Å².